The molecule has 1 aromatic carbocycles. The van der Waals surface area contributed by atoms with Crippen LogP contribution in [0.1, 0.15) is 0 Å². The van der Waals surface area contributed by atoms with Gasteiger partial charge < -0.3 is 10.5 Å². The highest BCUT2D eigenvalue weighted by Gasteiger charge is 2.18. The molecule has 19 heavy (non-hydrogen) atoms. The quantitative estimate of drug-likeness (QED) is 0.535. The predicted molar refractivity (Wildman–Crippen MR) is 70.3 cm³/mol. The summed E-state index contributed by atoms with van der Waals surface area (Å²) < 4.78 is 38.2. The number of rotatable bonds is 3. The molecular formula is C9H16N2O6PS+. The summed E-state index contributed by atoms with van der Waals surface area (Å²) in [5.74, 6) is 0.465. The Morgan fingerprint density at radius 1 is 1.32 bits per heavy atom. The molecule has 0 heterocycles. The molecule has 0 aliphatic rings. The van der Waals surface area contributed by atoms with E-state index in [9.17, 15) is 8.42 Å². The largest absolute Gasteiger partial charge is 0.692 e. The fourth-order valence-corrected chi connectivity index (χ4v) is 2.02. The van der Waals surface area contributed by atoms with Crippen LogP contribution in [-0.4, -0.2) is 43.7 Å². The molecule has 10 heteroatoms. The summed E-state index contributed by atoms with van der Waals surface area (Å²) in [6.45, 7) is 0. The van der Waals surface area contributed by atoms with Crippen LogP contribution in [0.2, 0.25) is 0 Å². The van der Waals surface area contributed by atoms with Crippen LogP contribution >= 0.6 is 8.25 Å². The van der Waals surface area contributed by atoms with Gasteiger partial charge in [0.2, 0.25) is 10.0 Å². The fourth-order valence-electron chi connectivity index (χ4n) is 1.08. The Morgan fingerprint density at radius 2 is 1.79 bits per heavy atom. The average molecular weight is 311 g/mol. The van der Waals surface area contributed by atoms with Gasteiger partial charge >= 0.3 is 8.25 Å². The van der Waals surface area contributed by atoms with Gasteiger partial charge in [-0.3, -0.25) is 0 Å². The third-order valence-electron chi connectivity index (χ3n) is 1.98. The maximum Gasteiger partial charge on any atom is 0.692 e. The van der Waals surface area contributed by atoms with Crippen molar-refractivity contribution in [3.8, 4) is 5.75 Å². The number of hydrogen-bond acceptors (Lipinski definition) is 5. The van der Waals surface area contributed by atoms with Gasteiger partial charge in [-0.1, -0.05) is 0 Å². The molecule has 0 aromatic heterocycles. The molecule has 0 radical (unpaired) electrons. The van der Waals surface area contributed by atoms with Crippen LogP contribution in [0.25, 0.3) is 0 Å². The number of ether oxygens (including phenoxy) is 1. The molecule has 1 aromatic rings. The highest BCUT2D eigenvalue weighted by molar-refractivity contribution is 7.89. The summed E-state index contributed by atoms with van der Waals surface area (Å²) in [5.41, 5.74) is 5.93. The first kappa shape index (κ1) is 17.8. The van der Waals surface area contributed by atoms with E-state index in [1.54, 1.807) is 0 Å². The zero-order chi connectivity index (χ0) is 15.2. The first-order valence-corrected chi connectivity index (χ1v) is 7.44. The molecule has 8 nitrogen and oxygen atoms in total. The maximum absolute atomic E-state index is 11.7. The number of sulfonamides is 1. The van der Waals surface area contributed by atoms with Crippen molar-refractivity contribution in [2.75, 3.05) is 26.9 Å². The Bertz CT molecular complexity index is 542. The van der Waals surface area contributed by atoms with E-state index < -0.39 is 18.3 Å². The van der Waals surface area contributed by atoms with Crippen molar-refractivity contribution < 1.29 is 27.5 Å². The molecule has 0 aliphatic carbocycles. The molecule has 0 spiro atoms. The van der Waals surface area contributed by atoms with E-state index >= 15 is 0 Å². The molecule has 0 aliphatic heterocycles. The molecule has 0 bridgehead atoms. The molecule has 0 fully saturated rings. The fraction of sp³-hybridized carbons (Fsp3) is 0.333. The van der Waals surface area contributed by atoms with E-state index in [1.165, 1.54) is 39.4 Å². The van der Waals surface area contributed by atoms with E-state index in [0.717, 1.165) is 4.31 Å². The van der Waals surface area contributed by atoms with Gasteiger partial charge in [-0.25, -0.2) is 12.7 Å². The predicted octanol–water partition coefficient (Wildman–Crippen LogP) is 0.156. The maximum atomic E-state index is 11.7. The lowest BCUT2D eigenvalue weighted by molar-refractivity contribution is 0.405. The summed E-state index contributed by atoms with van der Waals surface area (Å²) in [6.07, 6.45) is 0. The lowest BCUT2D eigenvalue weighted by Gasteiger charge is -2.12. The van der Waals surface area contributed by atoms with Gasteiger partial charge in [-0.2, -0.15) is 0 Å². The molecule has 108 valence electrons. The van der Waals surface area contributed by atoms with Gasteiger partial charge in [0.15, 0.2) is 0 Å². The van der Waals surface area contributed by atoms with Gasteiger partial charge in [-0.05, 0) is 18.2 Å². The second kappa shape index (κ2) is 7.37. The van der Waals surface area contributed by atoms with E-state index in [2.05, 4.69) is 0 Å². The Labute approximate surface area is 112 Å². The van der Waals surface area contributed by atoms with Crippen LogP contribution in [0.4, 0.5) is 5.69 Å². The molecule has 4 N–H and O–H groups in total. The first-order chi connectivity index (χ1) is 8.62. The SMILES string of the molecule is COc1ccc(S(=O)(=O)N(C)C)cc1N.O=[P+](O)O. The van der Waals surface area contributed by atoms with Crippen molar-refractivity contribution in [3.05, 3.63) is 18.2 Å². The third-order valence-corrected chi connectivity index (χ3v) is 3.79. The molecule has 0 saturated heterocycles. The first-order valence-electron chi connectivity index (χ1n) is 4.84. The van der Waals surface area contributed by atoms with Crippen molar-refractivity contribution in [2.24, 2.45) is 0 Å². The molecule has 0 atom stereocenters. The summed E-state index contributed by atoms with van der Waals surface area (Å²) in [6, 6.07) is 4.38. The minimum absolute atomic E-state index is 0.158. The lowest BCUT2D eigenvalue weighted by atomic mass is 10.3. The van der Waals surface area contributed by atoms with Crippen LogP contribution in [-0.2, 0) is 14.6 Å². The van der Waals surface area contributed by atoms with Crippen LogP contribution in [0, 0.1) is 0 Å². The smallest absolute Gasteiger partial charge is 0.495 e. The summed E-state index contributed by atoms with van der Waals surface area (Å²) in [4.78, 5) is 14.4. The van der Waals surface area contributed by atoms with E-state index in [4.69, 9.17) is 24.8 Å². The summed E-state index contributed by atoms with van der Waals surface area (Å²) in [7, 11) is -1.88. The van der Waals surface area contributed by atoms with Crippen LogP contribution in [0.15, 0.2) is 23.1 Å². The van der Waals surface area contributed by atoms with Crippen molar-refractivity contribution in [3.63, 3.8) is 0 Å². The van der Waals surface area contributed by atoms with Crippen LogP contribution in [0.5, 0.6) is 5.75 Å². The summed E-state index contributed by atoms with van der Waals surface area (Å²) >= 11 is 0. The minimum atomic E-state index is -3.43. The normalized spacial score (nSPS) is 10.6. The number of nitrogens with zero attached hydrogens (tertiary/aromatic N) is 1. The van der Waals surface area contributed by atoms with Gasteiger partial charge in [-0.15, -0.1) is 9.79 Å². The van der Waals surface area contributed by atoms with E-state index in [0.29, 0.717) is 11.4 Å². The van der Waals surface area contributed by atoms with E-state index in [1.807, 2.05) is 0 Å². The standard InChI is InChI=1S/C9H14N2O3S.HO3P/c1-11(2)15(12,13)7-4-5-9(14-3)8(10)6-7;1-4(2)3/h4-6H,10H2,1-3H3;(H-,1,2,3)/p+1. The third kappa shape index (κ3) is 5.50. The van der Waals surface area contributed by atoms with Crippen molar-refractivity contribution in [1.29, 1.82) is 0 Å². The summed E-state index contributed by atoms with van der Waals surface area (Å²) in [5, 5.41) is 0. The number of hydrogen-bond donors (Lipinski definition) is 3. The van der Waals surface area contributed by atoms with Gasteiger partial charge in [0, 0.05) is 18.7 Å². The number of anilines is 1. The van der Waals surface area contributed by atoms with Crippen molar-refractivity contribution in [1.82, 2.24) is 4.31 Å². The molecule has 0 amide bonds. The van der Waals surface area contributed by atoms with E-state index in [-0.39, 0.29) is 4.90 Å². The second-order valence-electron chi connectivity index (χ2n) is 3.44. The second-order valence-corrected chi connectivity index (χ2v) is 6.10. The Balaban J connectivity index is 0.000000711. The Kier molecular flexibility index (Phi) is 6.88. The van der Waals surface area contributed by atoms with Gasteiger partial charge in [0.05, 0.1) is 17.7 Å². The monoisotopic (exact) mass is 311 g/mol. The molecule has 0 unspecified atom stereocenters. The highest BCUT2D eigenvalue weighted by atomic mass is 32.2. The molecule has 1 rings (SSSR count). The van der Waals surface area contributed by atoms with Crippen LogP contribution < -0.4 is 10.5 Å². The number of benzene rings is 1. The highest BCUT2D eigenvalue weighted by Crippen LogP contribution is 2.25. The van der Waals surface area contributed by atoms with Crippen molar-refractivity contribution >= 4 is 24.0 Å². The Morgan fingerprint density at radius 3 is 2.11 bits per heavy atom. The number of methoxy groups -OCH3 is 1. The minimum Gasteiger partial charge on any atom is -0.495 e. The van der Waals surface area contributed by atoms with Crippen LogP contribution in [0.3, 0.4) is 0 Å². The van der Waals surface area contributed by atoms with Gasteiger partial charge in [0.25, 0.3) is 0 Å². The lowest BCUT2D eigenvalue weighted by Crippen LogP contribution is -2.22. The zero-order valence-corrected chi connectivity index (χ0v) is 12.4. The topological polar surface area (TPSA) is 130 Å². The molecule has 0 saturated carbocycles. The average Bonchev–Trinajstić information content (AvgIpc) is 2.27. The number of nitrogens with two attached hydrogens (primary N) is 1. The van der Waals surface area contributed by atoms with Gasteiger partial charge in [0.1, 0.15) is 5.75 Å². The molecular weight excluding hydrogens is 295 g/mol. The Hall–Kier alpha value is -1.25. The number of nitrogen functional groups attached to an aromatic ring is 1. The zero-order valence-electron chi connectivity index (χ0n) is 10.6. The van der Waals surface area contributed by atoms with Crippen molar-refractivity contribution in [2.45, 2.75) is 4.90 Å².